The molecule has 3 rings (SSSR count). The van der Waals surface area contributed by atoms with E-state index in [9.17, 15) is 0 Å². The predicted molar refractivity (Wildman–Crippen MR) is 84.6 cm³/mol. The van der Waals surface area contributed by atoms with Gasteiger partial charge in [-0.25, -0.2) is 0 Å². The molecule has 1 heterocycles. The first-order valence-electron chi connectivity index (χ1n) is 8.33. The van der Waals surface area contributed by atoms with Gasteiger partial charge in [-0.2, -0.15) is 0 Å². The van der Waals surface area contributed by atoms with Crippen LogP contribution in [0.3, 0.4) is 0 Å². The Balaban J connectivity index is 1.62. The lowest BCUT2D eigenvalue weighted by atomic mass is 10.1. The lowest BCUT2D eigenvalue weighted by Gasteiger charge is -2.27. The van der Waals surface area contributed by atoms with Crippen molar-refractivity contribution in [3.63, 3.8) is 0 Å². The molecule has 1 N–H and O–H groups in total. The van der Waals surface area contributed by atoms with Crippen molar-refractivity contribution >= 4 is 0 Å². The summed E-state index contributed by atoms with van der Waals surface area (Å²) in [5.41, 5.74) is 2.92. The molecule has 2 fully saturated rings. The van der Waals surface area contributed by atoms with Gasteiger partial charge in [0, 0.05) is 31.2 Å². The quantitative estimate of drug-likeness (QED) is 0.849. The van der Waals surface area contributed by atoms with E-state index in [0.29, 0.717) is 0 Å². The van der Waals surface area contributed by atoms with Gasteiger partial charge in [0.05, 0.1) is 0 Å². The summed E-state index contributed by atoms with van der Waals surface area (Å²) in [6, 6.07) is 11.5. The van der Waals surface area contributed by atoms with Crippen molar-refractivity contribution in [1.82, 2.24) is 10.2 Å². The fraction of sp³-hybridized carbons (Fsp3) is 0.667. The Hall–Kier alpha value is -0.860. The molecule has 0 bridgehead atoms. The topological polar surface area (TPSA) is 15.3 Å². The average Bonchev–Trinajstić information content (AvgIpc) is 3.23. The van der Waals surface area contributed by atoms with Gasteiger partial charge in [-0.1, -0.05) is 31.2 Å². The molecule has 2 heteroatoms. The third-order valence-electron chi connectivity index (χ3n) is 4.95. The number of hydrogen-bond donors (Lipinski definition) is 1. The van der Waals surface area contributed by atoms with Crippen LogP contribution in [-0.2, 0) is 13.1 Å². The van der Waals surface area contributed by atoms with Crippen molar-refractivity contribution in [2.75, 3.05) is 0 Å². The van der Waals surface area contributed by atoms with Crippen LogP contribution in [0.1, 0.15) is 57.1 Å². The van der Waals surface area contributed by atoms with Crippen LogP contribution in [0.15, 0.2) is 24.3 Å². The predicted octanol–water partition coefficient (Wildman–Crippen LogP) is 3.70. The van der Waals surface area contributed by atoms with Crippen LogP contribution in [0.25, 0.3) is 0 Å². The van der Waals surface area contributed by atoms with E-state index in [1.807, 2.05) is 0 Å². The van der Waals surface area contributed by atoms with Crippen LogP contribution < -0.4 is 5.32 Å². The minimum absolute atomic E-state index is 0.744. The van der Waals surface area contributed by atoms with Crippen molar-refractivity contribution < 1.29 is 0 Å². The van der Waals surface area contributed by atoms with Crippen LogP contribution in [0.5, 0.6) is 0 Å². The molecule has 2 unspecified atom stereocenters. The Bertz CT molecular complexity index is 439. The molecule has 1 saturated carbocycles. The standard InChI is InChI=1S/C18H28N2/c1-3-18-10-7-14(2)20(18)13-16-6-4-5-15(11-16)12-19-17-8-9-17/h4-6,11,14,17-19H,3,7-10,12-13H2,1-2H3. The SMILES string of the molecule is CCC1CCC(C)N1Cc1cccc(CNC2CC2)c1. The largest absolute Gasteiger partial charge is 0.310 e. The molecule has 1 aromatic rings. The van der Waals surface area contributed by atoms with E-state index in [1.165, 1.54) is 43.2 Å². The molecule has 2 aliphatic rings. The lowest BCUT2D eigenvalue weighted by molar-refractivity contribution is 0.189. The van der Waals surface area contributed by atoms with Gasteiger partial charge in [0.15, 0.2) is 0 Å². The van der Waals surface area contributed by atoms with Crippen molar-refractivity contribution in [3.8, 4) is 0 Å². The van der Waals surface area contributed by atoms with Gasteiger partial charge in [-0.05, 0) is 50.2 Å². The number of nitrogens with zero attached hydrogens (tertiary/aromatic N) is 1. The zero-order valence-electron chi connectivity index (χ0n) is 12.9. The molecule has 1 aliphatic heterocycles. The van der Waals surface area contributed by atoms with Gasteiger partial charge in [0.2, 0.25) is 0 Å². The summed E-state index contributed by atoms with van der Waals surface area (Å²) in [5, 5.41) is 3.61. The third kappa shape index (κ3) is 3.42. The molecule has 110 valence electrons. The minimum atomic E-state index is 0.744. The van der Waals surface area contributed by atoms with E-state index in [4.69, 9.17) is 0 Å². The monoisotopic (exact) mass is 272 g/mol. The normalized spacial score (nSPS) is 27.1. The van der Waals surface area contributed by atoms with Gasteiger partial charge >= 0.3 is 0 Å². The number of hydrogen-bond acceptors (Lipinski definition) is 2. The molecule has 20 heavy (non-hydrogen) atoms. The maximum atomic E-state index is 3.61. The summed E-state index contributed by atoms with van der Waals surface area (Å²) in [4.78, 5) is 2.70. The van der Waals surface area contributed by atoms with Crippen molar-refractivity contribution in [3.05, 3.63) is 35.4 Å². The van der Waals surface area contributed by atoms with E-state index >= 15 is 0 Å². The summed E-state index contributed by atoms with van der Waals surface area (Å²) in [5.74, 6) is 0. The van der Waals surface area contributed by atoms with Gasteiger partial charge in [0.1, 0.15) is 0 Å². The second-order valence-corrected chi connectivity index (χ2v) is 6.64. The lowest BCUT2D eigenvalue weighted by Crippen LogP contribution is -2.33. The first-order valence-corrected chi connectivity index (χ1v) is 8.33. The number of benzene rings is 1. The van der Waals surface area contributed by atoms with E-state index in [0.717, 1.165) is 31.2 Å². The van der Waals surface area contributed by atoms with Gasteiger partial charge in [-0.15, -0.1) is 0 Å². The highest BCUT2D eigenvalue weighted by atomic mass is 15.2. The van der Waals surface area contributed by atoms with Crippen LogP contribution in [0.2, 0.25) is 0 Å². The highest BCUT2D eigenvalue weighted by Gasteiger charge is 2.28. The zero-order valence-corrected chi connectivity index (χ0v) is 12.9. The molecule has 2 atom stereocenters. The van der Waals surface area contributed by atoms with Crippen molar-refractivity contribution in [1.29, 1.82) is 0 Å². The average molecular weight is 272 g/mol. The summed E-state index contributed by atoms with van der Waals surface area (Å²) in [6.45, 7) is 6.86. The van der Waals surface area contributed by atoms with E-state index in [-0.39, 0.29) is 0 Å². The molecule has 0 amide bonds. The second-order valence-electron chi connectivity index (χ2n) is 6.64. The van der Waals surface area contributed by atoms with Crippen LogP contribution >= 0.6 is 0 Å². The van der Waals surface area contributed by atoms with Gasteiger partial charge in [0.25, 0.3) is 0 Å². The van der Waals surface area contributed by atoms with Crippen LogP contribution in [0.4, 0.5) is 0 Å². The molecular weight excluding hydrogens is 244 g/mol. The zero-order chi connectivity index (χ0) is 13.9. The van der Waals surface area contributed by atoms with E-state index in [2.05, 4.69) is 48.3 Å². The molecular formula is C18H28N2. The smallest absolute Gasteiger partial charge is 0.0239 e. The number of nitrogens with one attached hydrogen (secondary N) is 1. The van der Waals surface area contributed by atoms with E-state index < -0.39 is 0 Å². The Morgan fingerprint density at radius 2 is 1.95 bits per heavy atom. The maximum Gasteiger partial charge on any atom is 0.0239 e. The molecule has 1 saturated heterocycles. The molecule has 1 aromatic carbocycles. The Labute approximate surface area is 123 Å². The van der Waals surface area contributed by atoms with Gasteiger partial charge in [-0.3, -0.25) is 4.90 Å². The Morgan fingerprint density at radius 3 is 2.70 bits per heavy atom. The summed E-state index contributed by atoms with van der Waals surface area (Å²) in [6.07, 6.45) is 6.75. The summed E-state index contributed by atoms with van der Waals surface area (Å²) < 4.78 is 0. The first kappa shape index (κ1) is 14.1. The second kappa shape index (κ2) is 6.28. The number of rotatable bonds is 6. The summed E-state index contributed by atoms with van der Waals surface area (Å²) >= 11 is 0. The fourth-order valence-electron chi connectivity index (χ4n) is 3.45. The van der Waals surface area contributed by atoms with Crippen LogP contribution in [0, 0.1) is 0 Å². The Morgan fingerprint density at radius 1 is 1.15 bits per heavy atom. The highest BCUT2D eigenvalue weighted by molar-refractivity contribution is 5.24. The molecule has 1 aliphatic carbocycles. The first-order chi connectivity index (χ1) is 9.76. The molecule has 0 radical (unpaired) electrons. The molecule has 2 nitrogen and oxygen atoms in total. The van der Waals surface area contributed by atoms with Gasteiger partial charge < -0.3 is 5.32 Å². The summed E-state index contributed by atoms with van der Waals surface area (Å²) in [7, 11) is 0. The van der Waals surface area contributed by atoms with E-state index in [1.54, 1.807) is 0 Å². The maximum absolute atomic E-state index is 3.61. The molecule has 0 aromatic heterocycles. The minimum Gasteiger partial charge on any atom is -0.310 e. The fourth-order valence-corrected chi connectivity index (χ4v) is 3.45. The Kier molecular flexibility index (Phi) is 4.42. The molecule has 0 spiro atoms. The van der Waals surface area contributed by atoms with Crippen molar-refractivity contribution in [2.24, 2.45) is 0 Å². The van der Waals surface area contributed by atoms with Crippen LogP contribution in [-0.4, -0.2) is 23.0 Å². The third-order valence-corrected chi connectivity index (χ3v) is 4.95. The highest BCUT2D eigenvalue weighted by Crippen LogP contribution is 2.28. The van der Waals surface area contributed by atoms with Crippen molar-refractivity contribution in [2.45, 2.75) is 77.2 Å². The number of likely N-dealkylation sites (tertiary alicyclic amines) is 1.